The molecule has 1 N–H and O–H groups in total. The van der Waals surface area contributed by atoms with Gasteiger partial charge in [0.05, 0.1) is 6.20 Å². The van der Waals surface area contributed by atoms with Crippen LogP contribution in [0.15, 0.2) is 10.7 Å². The van der Waals surface area contributed by atoms with Crippen LogP contribution in [0.3, 0.4) is 0 Å². The Balaban J connectivity index is 2.17. The van der Waals surface area contributed by atoms with Crippen molar-refractivity contribution in [3.63, 3.8) is 0 Å². The van der Waals surface area contributed by atoms with Crippen LogP contribution in [0.4, 0.5) is 0 Å². The third kappa shape index (κ3) is 2.18. The van der Waals surface area contributed by atoms with Gasteiger partial charge in [-0.1, -0.05) is 23.0 Å². The highest BCUT2D eigenvalue weighted by molar-refractivity contribution is 7.09. The van der Waals surface area contributed by atoms with Crippen molar-refractivity contribution in [2.24, 2.45) is 0 Å². The summed E-state index contributed by atoms with van der Waals surface area (Å²) in [5, 5.41) is 17.0. The molecule has 0 aliphatic heterocycles. The summed E-state index contributed by atoms with van der Waals surface area (Å²) in [6.45, 7) is 1.98. The standard InChI is InChI=1S/C8H10N4O2S/c1-2-3-5(13)7-10-8(14-11-7)6-4-9-12-15-6/h4-5,13H,2-3H2,1H3. The van der Waals surface area contributed by atoms with Crippen LogP contribution in [0.1, 0.15) is 31.7 Å². The first-order valence-electron chi connectivity index (χ1n) is 4.60. The lowest BCUT2D eigenvalue weighted by Crippen LogP contribution is -1.98. The molecule has 0 spiro atoms. The van der Waals surface area contributed by atoms with E-state index in [-0.39, 0.29) is 0 Å². The molecule has 2 aromatic rings. The van der Waals surface area contributed by atoms with E-state index >= 15 is 0 Å². The zero-order chi connectivity index (χ0) is 10.7. The summed E-state index contributed by atoms with van der Waals surface area (Å²) in [4.78, 5) is 4.78. The van der Waals surface area contributed by atoms with E-state index in [9.17, 15) is 5.11 Å². The molecule has 1 atom stereocenters. The zero-order valence-corrected chi connectivity index (χ0v) is 8.94. The number of hydrogen-bond acceptors (Lipinski definition) is 7. The molecule has 2 heterocycles. The largest absolute Gasteiger partial charge is 0.385 e. The normalized spacial score (nSPS) is 12.9. The second-order valence-electron chi connectivity index (χ2n) is 3.04. The smallest absolute Gasteiger partial charge is 0.271 e. The maximum absolute atomic E-state index is 9.62. The minimum Gasteiger partial charge on any atom is -0.385 e. The molecule has 2 aromatic heterocycles. The van der Waals surface area contributed by atoms with Crippen LogP contribution in [-0.2, 0) is 0 Å². The number of aromatic nitrogens is 4. The summed E-state index contributed by atoms with van der Waals surface area (Å²) in [5.74, 6) is 0.676. The summed E-state index contributed by atoms with van der Waals surface area (Å²) < 4.78 is 8.68. The van der Waals surface area contributed by atoms with Crippen molar-refractivity contribution >= 4 is 11.5 Å². The fourth-order valence-electron chi connectivity index (χ4n) is 1.13. The Bertz CT molecular complexity index is 414. The predicted octanol–water partition coefficient (Wildman–Crippen LogP) is 1.42. The van der Waals surface area contributed by atoms with E-state index in [1.165, 1.54) is 11.5 Å². The molecule has 15 heavy (non-hydrogen) atoms. The average molecular weight is 226 g/mol. The molecule has 0 fully saturated rings. The lowest BCUT2D eigenvalue weighted by Gasteiger charge is -2.00. The van der Waals surface area contributed by atoms with Crippen molar-refractivity contribution in [2.45, 2.75) is 25.9 Å². The minimum absolute atomic E-state index is 0.320. The Hall–Kier alpha value is -1.34. The molecule has 7 heteroatoms. The minimum atomic E-state index is -0.659. The molecule has 0 saturated carbocycles. The topological polar surface area (TPSA) is 84.9 Å². The van der Waals surface area contributed by atoms with E-state index in [1.807, 2.05) is 6.92 Å². The van der Waals surface area contributed by atoms with Gasteiger partial charge in [0.15, 0.2) is 0 Å². The van der Waals surface area contributed by atoms with Gasteiger partial charge in [0.25, 0.3) is 5.89 Å². The van der Waals surface area contributed by atoms with E-state index in [0.29, 0.717) is 23.0 Å². The molecule has 0 aromatic carbocycles. The Morgan fingerprint density at radius 3 is 3.13 bits per heavy atom. The van der Waals surface area contributed by atoms with Gasteiger partial charge in [-0.25, -0.2) is 0 Å². The maximum Gasteiger partial charge on any atom is 0.271 e. The number of aliphatic hydroxyl groups is 1. The van der Waals surface area contributed by atoms with Gasteiger partial charge in [-0.2, -0.15) is 4.98 Å². The second kappa shape index (κ2) is 4.45. The highest BCUT2D eigenvalue weighted by atomic mass is 32.1. The Morgan fingerprint density at radius 1 is 1.60 bits per heavy atom. The van der Waals surface area contributed by atoms with E-state index in [2.05, 4.69) is 19.7 Å². The van der Waals surface area contributed by atoms with Crippen molar-refractivity contribution in [1.29, 1.82) is 0 Å². The predicted molar refractivity (Wildman–Crippen MR) is 53.1 cm³/mol. The first-order valence-corrected chi connectivity index (χ1v) is 5.38. The van der Waals surface area contributed by atoms with Crippen molar-refractivity contribution in [2.75, 3.05) is 0 Å². The van der Waals surface area contributed by atoms with Gasteiger partial charge in [0.2, 0.25) is 5.82 Å². The van der Waals surface area contributed by atoms with Crippen LogP contribution in [0.25, 0.3) is 10.8 Å². The second-order valence-corrected chi connectivity index (χ2v) is 3.83. The first kappa shape index (κ1) is 10.2. The Kier molecular flexibility index (Phi) is 3.02. The van der Waals surface area contributed by atoms with Crippen LogP contribution in [-0.4, -0.2) is 24.8 Å². The summed E-state index contributed by atoms with van der Waals surface area (Å²) in [7, 11) is 0. The van der Waals surface area contributed by atoms with Gasteiger partial charge >= 0.3 is 0 Å². The van der Waals surface area contributed by atoms with E-state index in [4.69, 9.17) is 4.52 Å². The van der Waals surface area contributed by atoms with Crippen LogP contribution in [0.5, 0.6) is 0 Å². The zero-order valence-electron chi connectivity index (χ0n) is 8.12. The van der Waals surface area contributed by atoms with Crippen molar-refractivity contribution in [3.8, 4) is 10.8 Å². The molecule has 0 aliphatic rings. The van der Waals surface area contributed by atoms with Crippen LogP contribution < -0.4 is 0 Å². The fraction of sp³-hybridized carbons (Fsp3) is 0.500. The summed E-state index contributed by atoms with van der Waals surface area (Å²) >= 11 is 1.18. The molecule has 1 unspecified atom stereocenters. The van der Waals surface area contributed by atoms with Crippen molar-refractivity contribution in [3.05, 3.63) is 12.0 Å². The van der Waals surface area contributed by atoms with Crippen LogP contribution in [0, 0.1) is 0 Å². The van der Waals surface area contributed by atoms with Crippen LogP contribution >= 0.6 is 11.5 Å². The Morgan fingerprint density at radius 2 is 2.47 bits per heavy atom. The lowest BCUT2D eigenvalue weighted by atomic mass is 10.2. The highest BCUT2D eigenvalue weighted by Gasteiger charge is 2.16. The quantitative estimate of drug-likeness (QED) is 0.848. The van der Waals surface area contributed by atoms with E-state index < -0.39 is 6.10 Å². The molecule has 0 amide bonds. The number of hydrogen-bond donors (Lipinski definition) is 1. The fourth-order valence-corrected chi connectivity index (χ4v) is 1.57. The van der Waals surface area contributed by atoms with E-state index in [1.54, 1.807) is 6.20 Å². The monoisotopic (exact) mass is 226 g/mol. The van der Waals surface area contributed by atoms with Crippen molar-refractivity contribution in [1.82, 2.24) is 19.7 Å². The lowest BCUT2D eigenvalue weighted by molar-refractivity contribution is 0.153. The van der Waals surface area contributed by atoms with Crippen molar-refractivity contribution < 1.29 is 9.63 Å². The average Bonchev–Trinajstić information content (AvgIpc) is 2.89. The van der Waals surface area contributed by atoms with E-state index in [0.717, 1.165) is 6.42 Å². The highest BCUT2D eigenvalue weighted by Crippen LogP contribution is 2.22. The van der Waals surface area contributed by atoms with Gasteiger partial charge in [0, 0.05) is 0 Å². The first-order chi connectivity index (χ1) is 7.31. The summed E-state index contributed by atoms with van der Waals surface area (Å²) in [5.41, 5.74) is 0. The molecule has 0 saturated heterocycles. The summed E-state index contributed by atoms with van der Waals surface area (Å²) in [6, 6.07) is 0. The maximum atomic E-state index is 9.62. The SMILES string of the molecule is CCCC(O)c1noc(-c2cnns2)n1. The molecular formula is C8H10N4O2S. The third-order valence-corrected chi connectivity index (χ3v) is 2.53. The molecule has 80 valence electrons. The van der Waals surface area contributed by atoms with Gasteiger partial charge in [0.1, 0.15) is 11.0 Å². The van der Waals surface area contributed by atoms with Gasteiger partial charge in [-0.3, -0.25) is 0 Å². The molecule has 0 bridgehead atoms. The molecule has 0 aliphatic carbocycles. The van der Waals surface area contributed by atoms with Gasteiger partial charge in [-0.15, -0.1) is 5.10 Å². The summed E-state index contributed by atoms with van der Waals surface area (Å²) in [6.07, 6.45) is 2.38. The molecule has 2 rings (SSSR count). The number of nitrogens with zero attached hydrogens (tertiary/aromatic N) is 4. The van der Waals surface area contributed by atoms with Gasteiger partial charge < -0.3 is 9.63 Å². The van der Waals surface area contributed by atoms with Crippen LogP contribution in [0.2, 0.25) is 0 Å². The molecular weight excluding hydrogens is 216 g/mol. The molecule has 6 nitrogen and oxygen atoms in total. The number of aliphatic hydroxyl groups excluding tert-OH is 1. The van der Waals surface area contributed by atoms with Gasteiger partial charge in [-0.05, 0) is 18.0 Å². The third-order valence-electron chi connectivity index (χ3n) is 1.87. The Labute approximate surface area is 90.1 Å². The number of rotatable bonds is 4. The molecule has 0 radical (unpaired) electrons.